The Morgan fingerprint density at radius 2 is 1.96 bits per heavy atom. The van der Waals surface area contributed by atoms with Gasteiger partial charge in [-0.1, -0.05) is 37.5 Å². The van der Waals surface area contributed by atoms with Crippen LogP contribution in [0.3, 0.4) is 0 Å². The van der Waals surface area contributed by atoms with Crippen LogP contribution in [0.4, 0.5) is 4.39 Å². The highest BCUT2D eigenvalue weighted by Crippen LogP contribution is 2.38. The Balaban J connectivity index is 1.99. The fourth-order valence-corrected chi connectivity index (χ4v) is 3.46. The maximum atomic E-state index is 13.7. The minimum Gasteiger partial charge on any atom is -0.396 e. The maximum absolute atomic E-state index is 13.7. The minimum atomic E-state index is -0.221. The van der Waals surface area contributed by atoms with Crippen LogP contribution < -0.4 is 10.6 Å². The molecule has 1 aromatic carbocycles. The lowest BCUT2D eigenvalue weighted by Crippen LogP contribution is -2.45. The van der Waals surface area contributed by atoms with Crippen molar-refractivity contribution in [2.45, 2.75) is 52.0 Å². The lowest BCUT2D eigenvalue weighted by Gasteiger charge is -2.37. The normalized spacial score (nSPS) is 17.5. The van der Waals surface area contributed by atoms with Crippen LogP contribution in [-0.2, 0) is 6.54 Å². The molecule has 3 N–H and O–H groups in total. The molecule has 0 radical (unpaired) electrons. The number of nitrogens with one attached hydrogen (secondary N) is 2. The van der Waals surface area contributed by atoms with Crippen LogP contribution in [0.25, 0.3) is 0 Å². The Morgan fingerprint density at radius 1 is 1.21 bits per heavy atom. The summed E-state index contributed by atoms with van der Waals surface area (Å²) in [5, 5.41) is 16.1. The fraction of sp³-hybridized carbons (Fsp3) is 0.632. The zero-order chi connectivity index (χ0) is 17.3. The van der Waals surface area contributed by atoms with Gasteiger partial charge in [0.2, 0.25) is 0 Å². The van der Waals surface area contributed by atoms with Gasteiger partial charge in [0.05, 0.1) is 6.54 Å². The third-order valence-electron chi connectivity index (χ3n) is 4.90. The molecule has 1 fully saturated rings. The second-order valence-electron chi connectivity index (χ2n) is 6.67. The maximum Gasteiger partial charge on any atom is 0.191 e. The topological polar surface area (TPSA) is 56.7 Å². The number of hydrogen-bond acceptors (Lipinski definition) is 2. The van der Waals surface area contributed by atoms with Gasteiger partial charge < -0.3 is 15.7 Å². The molecule has 134 valence electrons. The van der Waals surface area contributed by atoms with E-state index in [0.717, 1.165) is 32.4 Å². The Kier molecular flexibility index (Phi) is 7.50. The molecule has 0 atom stereocenters. The highest BCUT2D eigenvalue weighted by molar-refractivity contribution is 5.79. The molecule has 0 spiro atoms. The number of guanidine groups is 1. The van der Waals surface area contributed by atoms with Gasteiger partial charge in [-0.25, -0.2) is 9.38 Å². The quantitative estimate of drug-likeness (QED) is 0.530. The average Bonchev–Trinajstić information content (AvgIpc) is 2.60. The molecule has 0 amide bonds. The Hall–Kier alpha value is -1.62. The first-order valence-corrected chi connectivity index (χ1v) is 9.05. The summed E-state index contributed by atoms with van der Waals surface area (Å²) >= 11 is 0. The van der Waals surface area contributed by atoms with Gasteiger partial charge in [0.15, 0.2) is 5.96 Å². The first-order chi connectivity index (χ1) is 11.7. The van der Waals surface area contributed by atoms with Crippen LogP contribution in [-0.4, -0.2) is 30.8 Å². The number of aliphatic imine (C=N–C) groups is 1. The lowest BCUT2D eigenvalue weighted by atomic mass is 9.72. The van der Waals surface area contributed by atoms with Gasteiger partial charge in [0, 0.05) is 25.3 Å². The van der Waals surface area contributed by atoms with Gasteiger partial charge in [0.25, 0.3) is 0 Å². The summed E-state index contributed by atoms with van der Waals surface area (Å²) in [4.78, 5) is 4.51. The van der Waals surface area contributed by atoms with Crippen molar-refractivity contribution in [2.75, 3.05) is 19.7 Å². The monoisotopic (exact) mass is 335 g/mol. The largest absolute Gasteiger partial charge is 0.396 e. The Bertz CT molecular complexity index is 522. The zero-order valence-electron chi connectivity index (χ0n) is 14.7. The van der Waals surface area contributed by atoms with Gasteiger partial charge >= 0.3 is 0 Å². The summed E-state index contributed by atoms with van der Waals surface area (Å²) in [7, 11) is 0. The molecule has 0 heterocycles. The molecule has 5 heteroatoms. The predicted molar refractivity (Wildman–Crippen MR) is 96.4 cm³/mol. The zero-order valence-corrected chi connectivity index (χ0v) is 14.7. The number of nitrogens with zero attached hydrogens (tertiary/aromatic N) is 1. The van der Waals surface area contributed by atoms with Crippen molar-refractivity contribution < 1.29 is 9.50 Å². The van der Waals surface area contributed by atoms with E-state index >= 15 is 0 Å². The van der Waals surface area contributed by atoms with Crippen LogP contribution >= 0.6 is 0 Å². The van der Waals surface area contributed by atoms with Crippen LogP contribution in [0.15, 0.2) is 29.3 Å². The van der Waals surface area contributed by atoms with E-state index in [1.807, 2.05) is 13.0 Å². The molecule has 24 heavy (non-hydrogen) atoms. The van der Waals surface area contributed by atoms with Gasteiger partial charge in [0.1, 0.15) is 5.82 Å². The highest BCUT2D eigenvalue weighted by atomic mass is 19.1. The van der Waals surface area contributed by atoms with Crippen molar-refractivity contribution in [1.29, 1.82) is 0 Å². The van der Waals surface area contributed by atoms with Crippen LogP contribution in [0, 0.1) is 11.2 Å². The van der Waals surface area contributed by atoms with Crippen LogP contribution in [0.2, 0.25) is 0 Å². The summed E-state index contributed by atoms with van der Waals surface area (Å²) < 4.78 is 13.7. The van der Waals surface area contributed by atoms with Crippen molar-refractivity contribution in [2.24, 2.45) is 10.4 Å². The van der Waals surface area contributed by atoms with Crippen molar-refractivity contribution >= 4 is 5.96 Å². The van der Waals surface area contributed by atoms with Gasteiger partial charge in [-0.2, -0.15) is 0 Å². The highest BCUT2D eigenvalue weighted by Gasteiger charge is 2.31. The number of hydrogen-bond donors (Lipinski definition) is 3. The third kappa shape index (κ3) is 5.48. The average molecular weight is 335 g/mol. The van der Waals surface area contributed by atoms with E-state index in [4.69, 9.17) is 0 Å². The Morgan fingerprint density at radius 3 is 2.62 bits per heavy atom. The number of aliphatic hydroxyl groups is 1. The van der Waals surface area contributed by atoms with E-state index in [1.165, 1.54) is 25.3 Å². The molecular weight excluding hydrogens is 305 g/mol. The van der Waals surface area contributed by atoms with E-state index in [2.05, 4.69) is 15.6 Å². The van der Waals surface area contributed by atoms with Gasteiger partial charge in [-0.05, 0) is 37.7 Å². The molecule has 2 rings (SSSR count). The summed E-state index contributed by atoms with van der Waals surface area (Å²) in [6, 6.07) is 6.74. The fourth-order valence-electron chi connectivity index (χ4n) is 3.46. The molecule has 1 aliphatic rings. The summed E-state index contributed by atoms with van der Waals surface area (Å²) in [5.74, 6) is 0.491. The Labute approximate surface area is 144 Å². The molecule has 0 unspecified atom stereocenters. The molecule has 0 saturated heterocycles. The second-order valence-corrected chi connectivity index (χ2v) is 6.67. The van der Waals surface area contributed by atoms with Crippen LogP contribution in [0.5, 0.6) is 0 Å². The summed E-state index contributed by atoms with van der Waals surface area (Å²) in [5.41, 5.74) is 0.749. The standard InChI is InChI=1S/C19H30FN3O/c1-2-21-18(22-14-16-8-4-5-9-17(16)20)23-15-19(12-13-24)10-6-3-7-11-19/h4-5,8-9,24H,2-3,6-7,10-15H2,1H3,(H2,21,22,23). The molecular formula is C19H30FN3O. The van der Waals surface area contributed by atoms with Gasteiger partial charge in [-0.15, -0.1) is 0 Å². The number of benzene rings is 1. The first kappa shape index (κ1) is 18.7. The molecule has 0 aromatic heterocycles. The summed E-state index contributed by atoms with van der Waals surface area (Å²) in [6.45, 7) is 4.12. The molecule has 0 bridgehead atoms. The molecule has 1 saturated carbocycles. The lowest BCUT2D eigenvalue weighted by molar-refractivity contribution is 0.131. The van der Waals surface area contributed by atoms with Crippen molar-refractivity contribution in [3.63, 3.8) is 0 Å². The minimum absolute atomic E-state index is 0.154. The predicted octanol–water partition coefficient (Wildman–Crippen LogP) is 3.21. The van der Waals surface area contributed by atoms with E-state index in [0.29, 0.717) is 18.1 Å². The van der Waals surface area contributed by atoms with E-state index in [-0.39, 0.29) is 17.8 Å². The number of aliphatic hydroxyl groups excluding tert-OH is 1. The number of halogens is 1. The third-order valence-corrected chi connectivity index (χ3v) is 4.90. The second kappa shape index (κ2) is 9.62. The van der Waals surface area contributed by atoms with E-state index < -0.39 is 0 Å². The van der Waals surface area contributed by atoms with Crippen molar-refractivity contribution in [1.82, 2.24) is 10.6 Å². The molecule has 0 aliphatic heterocycles. The van der Waals surface area contributed by atoms with Crippen molar-refractivity contribution in [3.8, 4) is 0 Å². The van der Waals surface area contributed by atoms with E-state index in [1.54, 1.807) is 12.1 Å². The molecule has 1 aliphatic carbocycles. The smallest absolute Gasteiger partial charge is 0.191 e. The molecule has 1 aromatic rings. The van der Waals surface area contributed by atoms with Crippen molar-refractivity contribution in [3.05, 3.63) is 35.6 Å². The first-order valence-electron chi connectivity index (χ1n) is 9.05. The van der Waals surface area contributed by atoms with E-state index in [9.17, 15) is 9.50 Å². The summed E-state index contributed by atoms with van der Waals surface area (Å²) in [6.07, 6.45) is 6.86. The van der Waals surface area contributed by atoms with Gasteiger partial charge in [-0.3, -0.25) is 0 Å². The number of rotatable bonds is 7. The molecule has 4 nitrogen and oxygen atoms in total. The van der Waals surface area contributed by atoms with Crippen LogP contribution in [0.1, 0.15) is 51.0 Å². The SMILES string of the molecule is CCNC(=NCc1ccccc1F)NCC1(CCO)CCCCC1.